The summed E-state index contributed by atoms with van der Waals surface area (Å²) in [6.45, 7) is 3.51. The lowest BCUT2D eigenvalue weighted by Crippen LogP contribution is -2.32. The molecule has 0 aromatic heterocycles. The van der Waals surface area contributed by atoms with E-state index in [1.54, 1.807) is 0 Å². The zero-order valence-electron chi connectivity index (χ0n) is 10.2. The van der Waals surface area contributed by atoms with E-state index in [9.17, 15) is 4.79 Å². The van der Waals surface area contributed by atoms with Gasteiger partial charge < -0.3 is 10.1 Å². The molecule has 0 radical (unpaired) electrons. The average molecular weight is 233 g/mol. The number of carbonyl (C=O) groups is 1. The van der Waals surface area contributed by atoms with E-state index >= 15 is 0 Å². The molecule has 1 amide bonds. The predicted molar refractivity (Wildman–Crippen MR) is 66.9 cm³/mol. The molecule has 1 aliphatic rings. The van der Waals surface area contributed by atoms with E-state index < -0.39 is 0 Å². The zero-order chi connectivity index (χ0) is 12.1. The molecule has 0 aliphatic carbocycles. The number of nitrogens with one attached hydrogen (secondary N) is 1. The van der Waals surface area contributed by atoms with Crippen LogP contribution in [-0.4, -0.2) is 25.2 Å². The maximum atomic E-state index is 11.7. The molecule has 1 N–H and O–H groups in total. The number of amides is 1. The molecule has 1 heterocycles. The van der Waals surface area contributed by atoms with Crippen molar-refractivity contribution in [1.29, 1.82) is 0 Å². The van der Waals surface area contributed by atoms with E-state index in [0.29, 0.717) is 13.0 Å². The molecule has 1 aromatic carbocycles. The van der Waals surface area contributed by atoms with Crippen molar-refractivity contribution in [2.24, 2.45) is 0 Å². The largest absolute Gasteiger partial charge is 0.376 e. The van der Waals surface area contributed by atoms with Crippen LogP contribution in [0.2, 0.25) is 0 Å². The third kappa shape index (κ3) is 3.86. The third-order valence-electron chi connectivity index (χ3n) is 3.00. The van der Waals surface area contributed by atoms with Gasteiger partial charge >= 0.3 is 0 Å². The van der Waals surface area contributed by atoms with Crippen molar-refractivity contribution in [1.82, 2.24) is 5.32 Å². The lowest BCUT2D eigenvalue weighted by Gasteiger charge is -2.10. The summed E-state index contributed by atoms with van der Waals surface area (Å²) < 4.78 is 5.46. The lowest BCUT2D eigenvalue weighted by atomic mass is 10.1. The SMILES string of the molecule is Cc1cccc(CC(=O)NC[C@H]2CCCO2)c1. The third-order valence-corrected chi connectivity index (χ3v) is 3.00. The first-order valence-electron chi connectivity index (χ1n) is 6.18. The molecule has 1 fully saturated rings. The Morgan fingerprint density at radius 2 is 2.41 bits per heavy atom. The van der Waals surface area contributed by atoms with Crippen molar-refractivity contribution in [2.45, 2.75) is 32.3 Å². The summed E-state index contributed by atoms with van der Waals surface area (Å²) in [5, 5.41) is 2.93. The minimum atomic E-state index is 0.0751. The Balaban J connectivity index is 1.76. The van der Waals surface area contributed by atoms with Gasteiger partial charge in [0.05, 0.1) is 12.5 Å². The second-order valence-corrected chi connectivity index (χ2v) is 4.60. The number of carbonyl (C=O) groups excluding carboxylic acids is 1. The minimum absolute atomic E-state index is 0.0751. The molecule has 1 aliphatic heterocycles. The molecule has 0 saturated carbocycles. The van der Waals surface area contributed by atoms with Crippen LogP contribution in [0.4, 0.5) is 0 Å². The smallest absolute Gasteiger partial charge is 0.224 e. The molecular weight excluding hydrogens is 214 g/mol. The standard InChI is InChI=1S/C14H19NO2/c1-11-4-2-5-12(8-11)9-14(16)15-10-13-6-3-7-17-13/h2,4-5,8,13H,3,6-7,9-10H2,1H3,(H,15,16)/t13-/m1/s1. The van der Waals surface area contributed by atoms with Crippen molar-refractivity contribution in [3.63, 3.8) is 0 Å². The van der Waals surface area contributed by atoms with Gasteiger partial charge in [-0.1, -0.05) is 29.8 Å². The van der Waals surface area contributed by atoms with Crippen molar-refractivity contribution in [3.8, 4) is 0 Å². The van der Waals surface area contributed by atoms with E-state index in [0.717, 1.165) is 25.0 Å². The number of rotatable bonds is 4. The number of aryl methyl sites for hydroxylation is 1. The molecule has 0 bridgehead atoms. The van der Waals surface area contributed by atoms with Gasteiger partial charge in [0.1, 0.15) is 0 Å². The Morgan fingerprint density at radius 1 is 1.53 bits per heavy atom. The maximum Gasteiger partial charge on any atom is 0.224 e. The Hall–Kier alpha value is -1.35. The highest BCUT2D eigenvalue weighted by Gasteiger charge is 2.16. The normalized spacial score (nSPS) is 19.2. The van der Waals surface area contributed by atoms with Crippen LogP contribution in [0.3, 0.4) is 0 Å². The molecular formula is C14H19NO2. The fourth-order valence-electron chi connectivity index (χ4n) is 2.10. The number of hydrogen-bond donors (Lipinski definition) is 1. The number of hydrogen-bond acceptors (Lipinski definition) is 2. The molecule has 17 heavy (non-hydrogen) atoms. The van der Waals surface area contributed by atoms with Gasteiger partial charge in [0.15, 0.2) is 0 Å². The quantitative estimate of drug-likeness (QED) is 0.861. The topological polar surface area (TPSA) is 38.3 Å². The first-order valence-corrected chi connectivity index (χ1v) is 6.18. The van der Waals surface area contributed by atoms with Crippen LogP contribution in [0.5, 0.6) is 0 Å². The van der Waals surface area contributed by atoms with Crippen molar-refractivity contribution < 1.29 is 9.53 Å². The lowest BCUT2D eigenvalue weighted by molar-refractivity contribution is -0.120. The monoisotopic (exact) mass is 233 g/mol. The van der Waals surface area contributed by atoms with Crippen molar-refractivity contribution in [3.05, 3.63) is 35.4 Å². The Morgan fingerprint density at radius 3 is 3.12 bits per heavy atom. The van der Waals surface area contributed by atoms with Gasteiger partial charge in [-0.25, -0.2) is 0 Å². The fourth-order valence-corrected chi connectivity index (χ4v) is 2.10. The molecule has 3 heteroatoms. The van der Waals surface area contributed by atoms with Gasteiger partial charge in [0.2, 0.25) is 5.91 Å². The van der Waals surface area contributed by atoms with Crippen molar-refractivity contribution in [2.75, 3.05) is 13.2 Å². The minimum Gasteiger partial charge on any atom is -0.376 e. The van der Waals surface area contributed by atoms with Gasteiger partial charge in [0, 0.05) is 13.2 Å². The first-order chi connectivity index (χ1) is 8.24. The van der Waals surface area contributed by atoms with Crippen LogP contribution >= 0.6 is 0 Å². The van der Waals surface area contributed by atoms with Gasteiger partial charge in [-0.2, -0.15) is 0 Å². The predicted octanol–water partition coefficient (Wildman–Crippen LogP) is 1.83. The summed E-state index contributed by atoms with van der Waals surface area (Å²) in [4.78, 5) is 11.7. The molecule has 1 atom stereocenters. The second-order valence-electron chi connectivity index (χ2n) is 4.60. The first kappa shape index (κ1) is 12.1. The summed E-state index contributed by atoms with van der Waals surface area (Å²) >= 11 is 0. The zero-order valence-corrected chi connectivity index (χ0v) is 10.2. The highest BCUT2D eigenvalue weighted by molar-refractivity contribution is 5.78. The number of benzene rings is 1. The summed E-state index contributed by atoms with van der Waals surface area (Å²) in [5.41, 5.74) is 2.25. The van der Waals surface area contributed by atoms with Gasteiger partial charge in [-0.3, -0.25) is 4.79 Å². The number of ether oxygens (including phenoxy) is 1. The second kappa shape index (κ2) is 5.82. The molecule has 0 unspecified atom stereocenters. The van der Waals surface area contributed by atoms with Crippen LogP contribution in [0.1, 0.15) is 24.0 Å². The molecule has 3 nitrogen and oxygen atoms in total. The molecule has 1 aromatic rings. The Kier molecular flexibility index (Phi) is 4.15. The summed E-state index contributed by atoms with van der Waals surface area (Å²) in [7, 11) is 0. The maximum absolute atomic E-state index is 11.7. The average Bonchev–Trinajstić information content (AvgIpc) is 2.79. The molecule has 1 saturated heterocycles. The van der Waals surface area contributed by atoms with Crippen LogP contribution < -0.4 is 5.32 Å². The fraction of sp³-hybridized carbons (Fsp3) is 0.500. The Bertz CT molecular complexity index is 384. The Labute approximate surface area is 102 Å². The van der Waals surface area contributed by atoms with Crippen molar-refractivity contribution >= 4 is 5.91 Å². The van der Waals surface area contributed by atoms with Crippen LogP contribution in [-0.2, 0) is 16.0 Å². The van der Waals surface area contributed by atoms with E-state index in [-0.39, 0.29) is 12.0 Å². The van der Waals surface area contributed by atoms with Crippen LogP contribution in [0.25, 0.3) is 0 Å². The summed E-state index contributed by atoms with van der Waals surface area (Å²) in [6, 6.07) is 8.05. The van der Waals surface area contributed by atoms with Crippen LogP contribution in [0, 0.1) is 6.92 Å². The van der Waals surface area contributed by atoms with E-state index in [1.165, 1.54) is 5.56 Å². The summed E-state index contributed by atoms with van der Waals surface area (Å²) in [5.74, 6) is 0.0751. The van der Waals surface area contributed by atoms with E-state index in [4.69, 9.17) is 4.74 Å². The van der Waals surface area contributed by atoms with E-state index in [1.807, 2.05) is 31.2 Å². The van der Waals surface area contributed by atoms with Gasteiger partial charge in [-0.15, -0.1) is 0 Å². The summed E-state index contributed by atoms with van der Waals surface area (Å²) in [6.07, 6.45) is 2.84. The van der Waals surface area contributed by atoms with Crippen LogP contribution in [0.15, 0.2) is 24.3 Å². The molecule has 92 valence electrons. The highest BCUT2D eigenvalue weighted by Crippen LogP contribution is 2.10. The molecule has 2 rings (SSSR count). The van der Waals surface area contributed by atoms with E-state index in [2.05, 4.69) is 5.32 Å². The molecule has 0 spiro atoms. The van der Waals surface area contributed by atoms with Gasteiger partial charge in [-0.05, 0) is 25.3 Å². The highest BCUT2D eigenvalue weighted by atomic mass is 16.5. The van der Waals surface area contributed by atoms with Gasteiger partial charge in [0.25, 0.3) is 0 Å².